The number of aliphatic hydroxyl groups is 1. The van der Waals surface area contributed by atoms with Crippen LogP contribution in [-0.2, 0) is 17.4 Å². The quantitative estimate of drug-likeness (QED) is 0.883. The van der Waals surface area contributed by atoms with Crippen LogP contribution in [-0.4, -0.2) is 34.2 Å². The van der Waals surface area contributed by atoms with E-state index < -0.39 is 5.60 Å². The Hall–Kier alpha value is -1.84. The van der Waals surface area contributed by atoms with Gasteiger partial charge in [-0.1, -0.05) is 50.2 Å². The molecule has 2 bridgehead atoms. The molecule has 1 unspecified atom stereocenters. The van der Waals surface area contributed by atoms with Gasteiger partial charge in [0.05, 0.1) is 5.60 Å². The fraction of sp³-hybridized carbons (Fsp3) is 0.478. The first-order valence-corrected chi connectivity index (χ1v) is 9.65. The van der Waals surface area contributed by atoms with Crippen LogP contribution in [0, 0.1) is 5.92 Å². The number of nitrogens with zero attached hydrogens (tertiary/aromatic N) is 1. The van der Waals surface area contributed by atoms with Crippen molar-refractivity contribution in [2.75, 3.05) is 13.1 Å². The molecule has 1 heterocycles. The number of β-amino-alcohol motifs (C(OH)–C–C–N with tert-alkyl or cyclic N) is 1. The molecule has 1 aliphatic heterocycles. The number of fused-ring (bicyclic) bond motifs is 4. The molecule has 1 saturated heterocycles. The van der Waals surface area contributed by atoms with E-state index in [0.717, 1.165) is 24.9 Å². The Morgan fingerprint density at radius 2 is 1.92 bits per heavy atom. The maximum absolute atomic E-state index is 11.1. The molecule has 0 aromatic heterocycles. The second-order valence-corrected chi connectivity index (χ2v) is 8.68. The van der Waals surface area contributed by atoms with Crippen LogP contribution in [0.2, 0.25) is 0 Å². The van der Waals surface area contributed by atoms with Crippen LogP contribution < -0.4 is 0 Å². The van der Waals surface area contributed by atoms with Gasteiger partial charge in [-0.3, -0.25) is 4.90 Å². The van der Waals surface area contributed by atoms with Crippen molar-refractivity contribution >= 4 is 0 Å². The molecule has 4 atom stereocenters. The van der Waals surface area contributed by atoms with Crippen LogP contribution in [0.3, 0.4) is 0 Å². The lowest BCUT2D eigenvalue weighted by Crippen LogP contribution is -2.60. The van der Waals surface area contributed by atoms with Gasteiger partial charge in [0.1, 0.15) is 5.75 Å². The zero-order chi connectivity index (χ0) is 18.5. The molecule has 2 aliphatic rings. The van der Waals surface area contributed by atoms with Crippen molar-refractivity contribution in [3.63, 3.8) is 0 Å². The van der Waals surface area contributed by atoms with Crippen molar-refractivity contribution in [3.8, 4) is 5.75 Å². The first-order chi connectivity index (χ1) is 12.3. The minimum absolute atomic E-state index is 0.0894. The normalized spacial score (nSPS) is 30.5. The predicted octanol–water partition coefficient (Wildman–Crippen LogP) is 3.82. The van der Waals surface area contributed by atoms with Gasteiger partial charge in [-0.25, -0.2) is 0 Å². The molecule has 3 heteroatoms. The summed E-state index contributed by atoms with van der Waals surface area (Å²) in [5.41, 5.74) is 2.87. The monoisotopic (exact) mass is 351 g/mol. The molecule has 4 rings (SSSR count). The Balaban J connectivity index is 1.64. The summed E-state index contributed by atoms with van der Waals surface area (Å²) in [6.07, 6.45) is 2.03. The van der Waals surface area contributed by atoms with Crippen molar-refractivity contribution < 1.29 is 10.2 Å². The first-order valence-electron chi connectivity index (χ1n) is 9.65. The summed E-state index contributed by atoms with van der Waals surface area (Å²) in [5, 5.41) is 21.1. The van der Waals surface area contributed by atoms with E-state index in [1.807, 2.05) is 43.3 Å². The van der Waals surface area contributed by atoms with E-state index in [2.05, 4.69) is 24.8 Å². The molecule has 0 radical (unpaired) electrons. The van der Waals surface area contributed by atoms with Crippen molar-refractivity contribution in [1.82, 2.24) is 4.90 Å². The number of phenols is 1. The smallest absolute Gasteiger partial charge is 0.115 e. The van der Waals surface area contributed by atoms with Crippen molar-refractivity contribution in [3.05, 3.63) is 65.2 Å². The summed E-state index contributed by atoms with van der Waals surface area (Å²) in [5.74, 6) is 0.849. The molecule has 1 aliphatic carbocycles. The number of hydrogen-bond donors (Lipinski definition) is 2. The van der Waals surface area contributed by atoms with Crippen LogP contribution in [0.1, 0.15) is 43.9 Å². The summed E-state index contributed by atoms with van der Waals surface area (Å²) in [6.45, 7) is 8.23. The number of likely N-dealkylation sites (tertiary alicyclic amines) is 1. The number of piperidine rings is 1. The molecule has 138 valence electrons. The average molecular weight is 351 g/mol. The lowest BCUT2D eigenvalue weighted by atomic mass is 9.59. The fourth-order valence-corrected chi connectivity index (χ4v) is 5.18. The number of benzene rings is 2. The Bertz CT molecular complexity index is 801. The molecular weight excluding hydrogens is 322 g/mol. The molecule has 1 fully saturated rings. The molecule has 2 N–H and O–H groups in total. The number of phenolic OH excluding ortho intramolecular Hbond substituents is 1. The lowest BCUT2D eigenvalue weighted by molar-refractivity contribution is -0.0411. The minimum atomic E-state index is -0.857. The van der Waals surface area contributed by atoms with E-state index in [4.69, 9.17) is 0 Å². The van der Waals surface area contributed by atoms with Gasteiger partial charge in [-0.2, -0.15) is 0 Å². The molecular formula is C23H29NO2. The van der Waals surface area contributed by atoms with Crippen molar-refractivity contribution in [1.29, 1.82) is 0 Å². The van der Waals surface area contributed by atoms with Gasteiger partial charge in [-0.15, -0.1) is 0 Å². The highest BCUT2D eigenvalue weighted by molar-refractivity contribution is 5.44. The Morgan fingerprint density at radius 1 is 1.19 bits per heavy atom. The van der Waals surface area contributed by atoms with Gasteiger partial charge in [0.2, 0.25) is 0 Å². The van der Waals surface area contributed by atoms with E-state index in [1.54, 1.807) is 6.07 Å². The van der Waals surface area contributed by atoms with E-state index >= 15 is 0 Å². The largest absolute Gasteiger partial charge is 0.508 e. The average Bonchev–Trinajstić information content (AvgIpc) is 2.62. The predicted molar refractivity (Wildman–Crippen MR) is 104 cm³/mol. The summed E-state index contributed by atoms with van der Waals surface area (Å²) >= 11 is 0. The zero-order valence-corrected chi connectivity index (χ0v) is 15.9. The molecule has 3 nitrogen and oxygen atoms in total. The second-order valence-electron chi connectivity index (χ2n) is 8.68. The number of aromatic hydroxyl groups is 1. The third-order valence-corrected chi connectivity index (χ3v) is 7.01. The highest BCUT2D eigenvalue weighted by Crippen LogP contribution is 2.49. The summed E-state index contributed by atoms with van der Waals surface area (Å²) in [4.78, 5) is 2.48. The maximum atomic E-state index is 11.1. The minimum Gasteiger partial charge on any atom is -0.508 e. The number of hydrogen-bond acceptors (Lipinski definition) is 3. The van der Waals surface area contributed by atoms with E-state index in [-0.39, 0.29) is 5.41 Å². The third kappa shape index (κ3) is 2.74. The van der Waals surface area contributed by atoms with Gasteiger partial charge in [-0.05, 0) is 66.5 Å². The maximum Gasteiger partial charge on any atom is 0.115 e. The SMILES string of the molecule is C[C@H]1[C@H]2Cc3ccc(O)cc3[C@]1(C)CCN2CC(C)(O)c1ccccc1. The van der Waals surface area contributed by atoms with Crippen LogP contribution >= 0.6 is 0 Å². The van der Waals surface area contributed by atoms with Gasteiger partial charge >= 0.3 is 0 Å². The van der Waals surface area contributed by atoms with E-state index in [9.17, 15) is 10.2 Å². The zero-order valence-electron chi connectivity index (χ0n) is 15.9. The van der Waals surface area contributed by atoms with Crippen LogP contribution in [0.25, 0.3) is 0 Å². The topological polar surface area (TPSA) is 43.7 Å². The Labute approximate surface area is 156 Å². The lowest BCUT2D eigenvalue weighted by Gasteiger charge is -2.55. The van der Waals surface area contributed by atoms with E-state index in [0.29, 0.717) is 24.3 Å². The molecule has 2 aromatic rings. The Kier molecular flexibility index (Phi) is 4.13. The van der Waals surface area contributed by atoms with Gasteiger partial charge < -0.3 is 10.2 Å². The van der Waals surface area contributed by atoms with Crippen LogP contribution in [0.5, 0.6) is 5.75 Å². The van der Waals surface area contributed by atoms with E-state index in [1.165, 1.54) is 11.1 Å². The second kappa shape index (κ2) is 6.11. The fourth-order valence-electron chi connectivity index (χ4n) is 5.18. The standard InChI is InChI=1S/C23H29NO2/c1-16-21-13-17-9-10-19(25)14-20(17)22(16,2)11-12-24(21)15-23(3,26)18-7-5-4-6-8-18/h4-10,14,16,21,25-26H,11-13,15H2,1-3H3/t16-,21+,22+,23?/m0/s1. The Morgan fingerprint density at radius 3 is 2.65 bits per heavy atom. The van der Waals surface area contributed by atoms with Crippen LogP contribution in [0.4, 0.5) is 0 Å². The summed E-state index contributed by atoms with van der Waals surface area (Å²) in [7, 11) is 0. The molecule has 0 saturated carbocycles. The van der Waals surface area contributed by atoms with Gasteiger partial charge in [0.25, 0.3) is 0 Å². The van der Waals surface area contributed by atoms with Crippen molar-refractivity contribution in [2.24, 2.45) is 5.92 Å². The molecule has 0 amide bonds. The molecule has 0 spiro atoms. The van der Waals surface area contributed by atoms with Crippen molar-refractivity contribution in [2.45, 2.75) is 50.7 Å². The third-order valence-electron chi connectivity index (χ3n) is 7.01. The highest BCUT2D eigenvalue weighted by Gasteiger charge is 2.49. The first kappa shape index (κ1) is 17.6. The highest BCUT2D eigenvalue weighted by atomic mass is 16.3. The number of rotatable bonds is 3. The van der Waals surface area contributed by atoms with Gasteiger partial charge in [0.15, 0.2) is 0 Å². The summed E-state index contributed by atoms with van der Waals surface area (Å²) in [6, 6.07) is 16.3. The molecule has 2 aromatic carbocycles. The van der Waals surface area contributed by atoms with Crippen LogP contribution in [0.15, 0.2) is 48.5 Å². The summed E-state index contributed by atoms with van der Waals surface area (Å²) < 4.78 is 0. The van der Waals surface area contributed by atoms with Gasteiger partial charge in [0, 0.05) is 12.6 Å². The molecule has 26 heavy (non-hydrogen) atoms.